The van der Waals surface area contributed by atoms with Crippen molar-refractivity contribution in [2.75, 3.05) is 19.3 Å². The van der Waals surface area contributed by atoms with Crippen molar-refractivity contribution in [3.05, 3.63) is 30.3 Å². The lowest BCUT2D eigenvalue weighted by molar-refractivity contribution is 0.369. The standard InChI is InChI=1S/C14H23NS/c1-12(13(2)11-15-3)9-10-16-14-7-5-4-6-8-14/h4-8,12-13,15H,9-11H2,1-3H3. The summed E-state index contributed by atoms with van der Waals surface area (Å²) in [4.78, 5) is 1.39. The van der Waals surface area contributed by atoms with Crippen molar-refractivity contribution < 1.29 is 0 Å². The molecule has 0 fully saturated rings. The Hall–Kier alpha value is -0.470. The van der Waals surface area contributed by atoms with E-state index in [1.807, 2.05) is 18.8 Å². The van der Waals surface area contributed by atoms with E-state index in [2.05, 4.69) is 49.5 Å². The molecule has 0 aliphatic rings. The molecule has 0 spiro atoms. The number of nitrogens with one attached hydrogen (secondary N) is 1. The third-order valence-electron chi connectivity index (χ3n) is 3.08. The number of rotatable bonds is 7. The SMILES string of the molecule is CNCC(C)C(C)CCSc1ccccc1. The van der Waals surface area contributed by atoms with Gasteiger partial charge < -0.3 is 5.32 Å². The summed E-state index contributed by atoms with van der Waals surface area (Å²) in [5.41, 5.74) is 0. The predicted molar refractivity (Wildman–Crippen MR) is 74.0 cm³/mol. The van der Waals surface area contributed by atoms with Gasteiger partial charge in [0.05, 0.1) is 0 Å². The maximum absolute atomic E-state index is 3.25. The van der Waals surface area contributed by atoms with Crippen molar-refractivity contribution in [1.29, 1.82) is 0 Å². The molecule has 1 rings (SSSR count). The Labute approximate surface area is 104 Å². The predicted octanol–water partition coefficient (Wildman–Crippen LogP) is 3.66. The third kappa shape index (κ3) is 5.04. The van der Waals surface area contributed by atoms with E-state index in [0.29, 0.717) is 0 Å². The van der Waals surface area contributed by atoms with Gasteiger partial charge in [-0.2, -0.15) is 0 Å². The average molecular weight is 237 g/mol. The van der Waals surface area contributed by atoms with Gasteiger partial charge >= 0.3 is 0 Å². The first-order valence-corrected chi connectivity index (χ1v) is 7.05. The Bertz CT molecular complexity index is 273. The third-order valence-corrected chi connectivity index (χ3v) is 4.13. The van der Waals surface area contributed by atoms with Crippen molar-refractivity contribution in [3.8, 4) is 0 Å². The lowest BCUT2D eigenvalue weighted by Gasteiger charge is -2.19. The van der Waals surface area contributed by atoms with Gasteiger partial charge in [-0.05, 0) is 49.7 Å². The normalized spacial score (nSPS) is 14.7. The van der Waals surface area contributed by atoms with E-state index in [0.717, 1.165) is 18.4 Å². The molecule has 0 aliphatic carbocycles. The monoisotopic (exact) mass is 237 g/mol. The molecule has 2 heteroatoms. The molecule has 2 unspecified atom stereocenters. The molecule has 1 N–H and O–H groups in total. The topological polar surface area (TPSA) is 12.0 Å². The highest BCUT2D eigenvalue weighted by Crippen LogP contribution is 2.22. The van der Waals surface area contributed by atoms with Crippen molar-refractivity contribution in [2.45, 2.75) is 25.2 Å². The molecule has 2 atom stereocenters. The van der Waals surface area contributed by atoms with Crippen molar-refractivity contribution in [1.82, 2.24) is 5.32 Å². The summed E-state index contributed by atoms with van der Waals surface area (Å²) >= 11 is 1.96. The maximum Gasteiger partial charge on any atom is 0.00719 e. The number of hydrogen-bond acceptors (Lipinski definition) is 2. The molecule has 16 heavy (non-hydrogen) atoms. The van der Waals surface area contributed by atoms with Gasteiger partial charge in [0.1, 0.15) is 0 Å². The molecule has 1 nitrogen and oxygen atoms in total. The van der Waals surface area contributed by atoms with Gasteiger partial charge in [-0.3, -0.25) is 0 Å². The van der Waals surface area contributed by atoms with Crippen LogP contribution in [-0.4, -0.2) is 19.3 Å². The van der Waals surface area contributed by atoms with Crippen LogP contribution in [0.25, 0.3) is 0 Å². The van der Waals surface area contributed by atoms with E-state index in [-0.39, 0.29) is 0 Å². The molecule has 0 radical (unpaired) electrons. The Morgan fingerprint density at radius 3 is 2.44 bits per heavy atom. The molecular formula is C14H23NS. The molecule has 0 aliphatic heterocycles. The second-order valence-electron chi connectivity index (χ2n) is 4.46. The fourth-order valence-corrected chi connectivity index (χ4v) is 2.76. The zero-order chi connectivity index (χ0) is 11.8. The minimum absolute atomic E-state index is 0.765. The zero-order valence-electron chi connectivity index (χ0n) is 10.6. The Morgan fingerprint density at radius 2 is 1.81 bits per heavy atom. The summed E-state index contributed by atoms with van der Waals surface area (Å²) < 4.78 is 0. The first-order valence-electron chi connectivity index (χ1n) is 6.06. The quantitative estimate of drug-likeness (QED) is 0.726. The van der Waals surface area contributed by atoms with Crippen molar-refractivity contribution in [3.63, 3.8) is 0 Å². The number of thioether (sulfide) groups is 1. The lowest BCUT2D eigenvalue weighted by Crippen LogP contribution is -2.22. The molecule has 90 valence electrons. The van der Waals surface area contributed by atoms with Crippen LogP contribution in [0.2, 0.25) is 0 Å². The van der Waals surface area contributed by atoms with Gasteiger partial charge in [0, 0.05) is 4.90 Å². The minimum atomic E-state index is 0.765. The second-order valence-corrected chi connectivity index (χ2v) is 5.63. The molecule has 0 bridgehead atoms. The zero-order valence-corrected chi connectivity index (χ0v) is 11.4. The number of benzene rings is 1. The summed E-state index contributed by atoms with van der Waals surface area (Å²) in [7, 11) is 2.03. The van der Waals surface area contributed by atoms with Gasteiger partial charge in [-0.15, -0.1) is 11.8 Å². The summed E-state index contributed by atoms with van der Waals surface area (Å²) in [5.74, 6) is 2.78. The highest BCUT2D eigenvalue weighted by molar-refractivity contribution is 7.99. The molecular weight excluding hydrogens is 214 g/mol. The lowest BCUT2D eigenvalue weighted by atomic mass is 9.94. The molecule has 1 aromatic rings. The van der Waals surface area contributed by atoms with Crippen LogP contribution >= 0.6 is 11.8 Å². The average Bonchev–Trinajstić information content (AvgIpc) is 2.30. The first-order chi connectivity index (χ1) is 7.74. The van der Waals surface area contributed by atoms with Crippen LogP contribution in [0, 0.1) is 11.8 Å². The molecule has 0 saturated heterocycles. The van der Waals surface area contributed by atoms with Crippen LogP contribution in [0.5, 0.6) is 0 Å². The van der Waals surface area contributed by atoms with Crippen molar-refractivity contribution >= 4 is 11.8 Å². The van der Waals surface area contributed by atoms with E-state index in [4.69, 9.17) is 0 Å². The van der Waals surface area contributed by atoms with Crippen LogP contribution in [0.1, 0.15) is 20.3 Å². The van der Waals surface area contributed by atoms with Crippen LogP contribution in [0.15, 0.2) is 35.2 Å². The highest BCUT2D eigenvalue weighted by Gasteiger charge is 2.10. The van der Waals surface area contributed by atoms with E-state index in [1.54, 1.807) is 0 Å². The largest absolute Gasteiger partial charge is 0.319 e. The van der Waals surface area contributed by atoms with Crippen molar-refractivity contribution in [2.24, 2.45) is 11.8 Å². The smallest absolute Gasteiger partial charge is 0.00719 e. The summed E-state index contributed by atoms with van der Waals surface area (Å²) in [6, 6.07) is 10.7. The van der Waals surface area contributed by atoms with Gasteiger partial charge in [0.2, 0.25) is 0 Å². The minimum Gasteiger partial charge on any atom is -0.319 e. The van der Waals surface area contributed by atoms with Gasteiger partial charge in [0.25, 0.3) is 0 Å². The Balaban J connectivity index is 2.20. The van der Waals surface area contributed by atoms with E-state index < -0.39 is 0 Å². The van der Waals surface area contributed by atoms with Gasteiger partial charge in [-0.1, -0.05) is 32.0 Å². The maximum atomic E-state index is 3.25. The van der Waals surface area contributed by atoms with Crippen LogP contribution in [0.3, 0.4) is 0 Å². The molecule has 0 saturated carbocycles. The Morgan fingerprint density at radius 1 is 1.12 bits per heavy atom. The first kappa shape index (κ1) is 13.6. The molecule has 0 amide bonds. The highest BCUT2D eigenvalue weighted by atomic mass is 32.2. The fourth-order valence-electron chi connectivity index (χ4n) is 1.69. The summed E-state index contributed by atoms with van der Waals surface area (Å²) in [6.45, 7) is 5.80. The van der Waals surface area contributed by atoms with Crippen LogP contribution < -0.4 is 5.32 Å². The van der Waals surface area contributed by atoms with Gasteiger partial charge in [0.15, 0.2) is 0 Å². The van der Waals surface area contributed by atoms with E-state index in [9.17, 15) is 0 Å². The van der Waals surface area contributed by atoms with E-state index >= 15 is 0 Å². The van der Waals surface area contributed by atoms with Crippen LogP contribution in [0.4, 0.5) is 0 Å². The van der Waals surface area contributed by atoms with E-state index in [1.165, 1.54) is 17.1 Å². The second kappa shape index (κ2) is 7.75. The Kier molecular flexibility index (Phi) is 6.58. The fraction of sp³-hybridized carbons (Fsp3) is 0.571. The molecule has 0 heterocycles. The van der Waals surface area contributed by atoms with Crippen LogP contribution in [-0.2, 0) is 0 Å². The molecule has 0 aromatic heterocycles. The van der Waals surface area contributed by atoms with Gasteiger partial charge in [-0.25, -0.2) is 0 Å². The number of hydrogen-bond donors (Lipinski definition) is 1. The summed E-state index contributed by atoms with van der Waals surface area (Å²) in [6.07, 6.45) is 1.29. The molecule has 1 aromatic carbocycles. The summed E-state index contributed by atoms with van der Waals surface area (Å²) in [5, 5.41) is 3.25.